The van der Waals surface area contributed by atoms with Gasteiger partial charge in [0.1, 0.15) is 0 Å². The largest absolute Gasteiger partial charge is 0.358 e. The van der Waals surface area contributed by atoms with E-state index < -0.39 is 0 Å². The minimum atomic E-state index is -0.0707. The average molecular weight is 244 g/mol. The van der Waals surface area contributed by atoms with E-state index in [0.29, 0.717) is 16.0 Å². The van der Waals surface area contributed by atoms with E-state index in [4.69, 9.17) is 23.8 Å². The topological polar surface area (TPSA) is 37.0 Å². The predicted molar refractivity (Wildman–Crippen MR) is 68.4 cm³/mol. The molecule has 0 amide bonds. The number of rotatable bonds is 1. The summed E-state index contributed by atoms with van der Waals surface area (Å²) in [6.07, 6.45) is 1.63. The molecule has 3 nitrogen and oxygen atoms in total. The van der Waals surface area contributed by atoms with Crippen LogP contribution in [0.25, 0.3) is 0 Å². The Bertz CT molecular complexity index is 360. The molecule has 0 saturated carbocycles. The lowest BCUT2D eigenvalue weighted by Crippen LogP contribution is -2.42. The van der Waals surface area contributed by atoms with Crippen LogP contribution in [0, 0.1) is 0 Å². The number of thiocarbonyl (C=S) groups is 1. The van der Waals surface area contributed by atoms with Crippen LogP contribution in [0.2, 0.25) is 5.15 Å². The van der Waals surface area contributed by atoms with Crippen molar-refractivity contribution in [1.82, 2.24) is 10.3 Å². The monoisotopic (exact) mass is 243 g/mol. The smallest absolute Gasteiger partial charge is 0.171 e. The first-order chi connectivity index (χ1) is 6.88. The summed E-state index contributed by atoms with van der Waals surface area (Å²) >= 11 is 11.0. The summed E-state index contributed by atoms with van der Waals surface area (Å²) < 4.78 is 0. The van der Waals surface area contributed by atoms with Crippen LogP contribution in [-0.4, -0.2) is 15.6 Å². The van der Waals surface area contributed by atoms with Crippen LogP contribution < -0.4 is 10.6 Å². The fourth-order valence-electron chi connectivity index (χ4n) is 0.973. The van der Waals surface area contributed by atoms with Crippen molar-refractivity contribution in [3.63, 3.8) is 0 Å². The highest BCUT2D eigenvalue weighted by molar-refractivity contribution is 7.80. The number of hydrogen-bond acceptors (Lipinski definition) is 2. The van der Waals surface area contributed by atoms with Crippen LogP contribution in [0.5, 0.6) is 0 Å². The molecule has 1 aromatic rings. The van der Waals surface area contributed by atoms with Crippen molar-refractivity contribution in [2.75, 3.05) is 5.32 Å². The summed E-state index contributed by atoms with van der Waals surface area (Å²) in [6, 6.07) is 3.62. The Kier molecular flexibility index (Phi) is 3.88. The molecule has 5 heteroatoms. The highest BCUT2D eigenvalue weighted by atomic mass is 35.5. The van der Waals surface area contributed by atoms with Gasteiger partial charge < -0.3 is 10.6 Å². The van der Waals surface area contributed by atoms with Crippen molar-refractivity contribution in [1.29, 1.82) is 0 Å². The van der Waals surface area contributed by atoms with E-state index in [1.54, 1.807) is 12.3 Å². The van der Waals surface area contributed by atoms with Gasteiger partial charge in [-0.2, -0.15) is 0 Å². The summed E-state index contributed by atoms with van der Waals surface area (Å²) in [6.45, 7) is 6.10. The van der Waals surface area contributed by atoms with Gasteiger partial charge in [0, 0.05) is 11.7 Å². The number of pyridine rings is 1. The maximum Gasteiger partial charge on any atom is 0.171 e. The molecule has 0 aliphatic carbocycles. The lowest BCUT2D eigenvalue weighted by Gasteiger charge is -2.23. The molecule has 1 heterocycles. The Labute approximate surface area is 100 Å². The summed E-state index contributed by atoms with van der Waals surface area (Å²) in [5.74, 6) is 0. The van der Waals surface area contributed by atoms with E-state index in [1.807, 2.05) is 26.8 Å². The predicted octanol–water partition coefficient (Wildman–Crippen LogP) is 2.82. The zero-order valence-corrected chi connectivity index (χ0v) is 10.5. The maximum absolute atomic E-state index is 5.88. The molecule has 0 spiro atoms. The minimum absolute atomic E-state index is 0.0707. The van der Waals surface area contributed by atoms with E-state index in [2.05, 4.69) is 15.6 Å². The lowest BCUT2D eigenvalue weighted by atomic mass is 10.1. The van der Waals surface area contributed by atoms with Crippen LogP contribution in [-0.2, 0) is 0 Å². The average Bonchev–Trinajstić information content (AvgIpc) is 2.05. The molecule has 1 rings (SSSR count). The van der Waals surface area contributed by atoms with Crippen molar-refractivity contribution in [2.45, 2.75) is 26.3 Å². The number of halogens is 1. The van der Waals surface area contributed by atoms with E-state index in [9.17, 15) is 0 Å². The molecule has 2 N–H and O–H groups in total. The van der Waals surface area contributed by atoms with Gasteiger partial charge in [-0.05, 0) is 45.1 Å². The standard InChI is InChI=1S/C10H14ClN3S/c1-10(2,3)14-9(15)13-7-5-4-6-12-8(7)11/h4-6H,1-3H3,(H2,13,14,15). The quantitative estimate of drug-likeness (QED) is 0.588. The number of hydrogen-bond donors (Lipinski definition) is 2. The summed E-state index contributed by atoms with van der Waals surface area (Å²) in [5.41, 5.74) is 0.639. The van der Waals surface area contributed by atoms with Crippen molar-refractivity contribution < 1.29 is 0 Å². The molecule has 0 fully saturated rings. The molecule has 0 atom stereocenters. The molecular weight excluding hydrogens is 230 g/mol. The van der Waals surface area contributed by atoms with Gasteiger partial charge in [-0.3, -0.25) is 0 Å². The van der Waals surface area contributed by atoms with E-state index in [0.717, 1.165) is 0 Å². The number of nitrogens with zero attached hydrogens (tertiary/aromatic N) is 1. The fourth-order valence-corrected chi connectivity index (χ4v) is 1.56. The van der Waals surface area contributed by atoms with Crippen LogP contribution in [0.3, 0.4) is 0 Å². The van der Waals surface area contributed by atoms with E-state index >= 15 is 0 Å². The molecule has 82 valence electrons. The van der Waals surface area contributed by atoms with Crippen LogP contribution in [0.4, 0.5) is 5.69 Å². The zero-order chi connectivity index (χ0) is 11.5. The summed E-state index contributed by atoms with van der Waals surface area (Å²) in [7, 11) is 0. The molecule has 0 aliphatic heterocycles. The Morgan fingerprint density at radius 2 is 2.13 bits per heavy atom. The third kappa shape index (κ3) is 4.44. The SMILES string of the molecule is CC(C)(C)NC(=S)Nc1cccnc1Cl. The first-order valence-corrected chi connectivity index (χ1v) is 5.37. The molecule has 0 aliphatic rings. The van der Waals surface area contributed by atoms with Crippen LogP contribution >= 0.6 is 23.8 Å². The second-order valence-corrected chi connectivity index (χ2v) is 4.94. The Balaban J connectivity index is 2.64. The number of aromatic nitrogens is 1. The van der Waals surface area contributed by atoms with Gasteiger partial charge in [0.15, 0.2) is 10.3 Å². The van der Waals surface area contributed by atoms with Crippen LogP contribution in [0.1, 0.15) is 20.8 Å². The first-order valence-electron chi connectivity index (χ1n) is 4.58. The molecule has 1 aromatic heterocycles. The fraction of sp³-hybridized carbons (Fsp3) is 0.400. The highest BCUT2D eigenvalue weighted by Crippen LogP contribution is 2.17. The van der Waals surface area contributed by atoms with Crippen molar-refractivity contribution in [3.8, 4) is 0 Å². The van der Waals surface area contributed by atoms with Gasteiger partial charge in [0.05, 0.1) is 5.69 Å². The number of anilines is 1. The second kappa shape index (κ2) is 4.77. The Morgan fingerprint density at radius 1 is 1.47 bits per heavy atom. The maximum atomic E-state index is 5.88. The summed E-state index contributed by atoms with van der Waals surface area (Å²) in [5, 5.41) is 7.07. The van der Waals surface area contributed by atoms with Crippen molar-refractivity contribution in [3.05, 3.63) is 23.5 Å². The second-order valence-electron chi connectivity index (χ2n) is 4.17. The van der Waals surface area contributed by atoms with Gasteiger partial charge >= 0.3 is 0 Å². The summed E-state index contributed by atoms with van der Waals surface area (Å²) in [4.78, 5) is 3.94. The molecule has 0 saturated heterocycles. The molecule has 0 radical (unpaired) electrons. The van der Waals surface area contributed by atoms with Gasteiger partial charge in [0.2, 0.25) is 0 Å². The van der Waals surface area contributed by atoms with Gasteiger partial charge in [-0.1, -0.05) is 11.6 Å². The molecule has 0 unspecified atom stereocenters. The van der Waals surface area contributed by atoms with Crippen molar-refractivity contribution >= 4 is 34.6 Å². The van der Waals surface area contributed by atoms with E-state index in [1.165, 1.54) is 0 Å². The molecule has 15 heavy (non-hydrogen) atoms. The third-order valence-corrected chi connectivity index (χ3v) is 2.00. The first kappa shape index (κ1) is 12.2. The Morgan fingerprint density at radius 3 is 2.67 bits per heavy atom. The third-order valence-electron chi connectivity index (χ3n) is 1.50. The zero-order valence-electron chi connectivity index (χ0n) is 8.97. The Hall–Kier alpha value is -0.870. The number of nitrogens with one attached hydrogen (secondary N) is 2. The van der Waals surface area contributed by atoms with E-state index in [-0.39, 0.29) is 5.54 Å². The van der Waals surface area contributed by atoms with Gasteiger partial charge in [-0.25, -0.2) is 4.98 Å². The van der Waals surface area contributed by atoms with Crippen molar-refractivity contribution in [2.24, 2.45) is 0 Å². The normalized spacial score (nSPS) is 10.9. The van der Waals surface area contributed by atoms with Crippen LogP contribution in [0.15, 0.2) is 18.3 Å². The lowest BCUT2D eigenvalue weighted by molar-refractivity contribution is 0.515. The molecule has 0 aromatic carbocycles. The highest BCUT2D eigenvalue weighted by Gasteiger charge is 2.11. The van der Waals surface area contributed by atoms with Gasteiger partial charge in [-0.15, -0.1) is 0 Å². The minimum Gasteiger partial charge on any atom is -0.358 e. The van der Waals surface area contributed by atoms with Gasteiger partial charge in [0.25, 0.3) is 0 Å². The molecule has 0 bridgehead atoms. The molecular formula is C10H14ClN3S.